The third-order valence-corrected chi connectivity index (χ3v) is 7.37. The van der Waals surface area contributed by atoms with E-state index in [0.717, 1.165) is 6.42 Å². The average molecular weight is 494 g/mol. The van der Waals surface area contributed by atoms with Gasteiger partial charge in [0.1, 0.15) is 17.6 Å². The van der Waals surface area contributed by atoms with Crippen LogP contribution in [0.15, 0.2) is 30.5 Å². The molecular weight excluding hydrogens is 469 g/mol. The first-order valence-corrected chi connectivity index (χ1v) is 12.0. The van der Waals surface area contributed by atoms with E-state index in [2.05, 4.69) is 15.1 Å². The van der Waals surface area contributed by atoms with Crippen LogP contribution in [0, 0.1) is 19.3 Å². The molecule has 0 radical (unpaired) electrons. The van der Waals surface area contributed by atoms with Crippen molar-refractivity contribution in [2.24, 2.45) is 0 Å². The lowest BCUT2D eigenvalue weighted by Gasteiger charge is -2.43. The second kappa shape index (κ2) is 8.98. The van der Waals surface area contributed by atoms with Crippen LogP contribution >= 0.6 is 12.2 Å². The molecular formula is C25H24FN5O3S. The van der Waals surface area contributed by atoms with Crippen molar-refractivity contribution in [3.63, 3.8) is 0 Å². The number of anilines is 2. The molecule has 1 N–H and O–H groups in total. The molecule has 2 aromatic rings. The number of nitrogens with one attached hydrogen (secondary N) is 1. The van der Waals surface area contributed by atoms with E-state index in [4.69, 9.17) is 23.5 Å². The van der Waals surface area contributed by atoms with Crippen LogP contribution in [0.4, 0.5) is 21.6 Å². The lowest BCUT2D eigenvalue weighted by molar-refractivity contribution is -0.123. The molecule has 0 bridgehead atoms. The van der Waals surface area contributed by atoms with Crippen LogP contribution in [0.25, 0.3) is 4.85 Å². The van der Waals surface area contributed by atoms with E-state index in [9.17, 15) is 9.59 Å². The van der Waals surface area contributed by atoms with Gasteiger partial charge in [-0.25, -0.2) is 4.39 Å². The highest BCUT2D eigenvalue weighted by Crippen LogP contribution is 2.48. The maximum Gasteiger partial charge on any atom is 0.272 e. The summed E-state index contributed by atoms with van der Waals surface area (Å²) in [4.78, 5) is 36.9. The lowest BCUT2D eigenvalue weighted by Crippen LogP contribution is -2.55. The average Bonchev–Trinajstić information content (AvgIpc) is 3.06. The van der Waals surface area contributed by atoms with Crippen LogP contribution in [0.2, 0.25) is 0 Å². The SMILES string of the molecule is [C-]#[N+]c1ncc(N2C(=O)C3(CCC3)N(c3ccc(C(=O)NC4CCOCC4)c(F)c3)C2=S)cc1C. The van der Waals surface area contributed by atoms with Gasteiger partial charge in [-0.15, -0.1) is 4.98 Å². The zero-order valence-corrected chi connectivity index (χ0v) is 20.0. The molecule has 0 unspecified atom stereocenters. The van der Waals surface area contributed by atoms with Crippen LogP contribution in [-0.4, -0.2) is 46.7 Å². The van der Waals surface area contributed by atoms with Crippen LogP contribution in [0.3, 0.4) is 0 Å². The number of halogens is 1. The highest BCUT2D eigenvalue weighted by Gasteiger charge is 2.59. The molecule has 1 spiro atoms. The Morgan fingerprint density at radius 1 is 1.29 bits per heavy atom. The number of aromatic nitrogens is 1. The van der Waals surface area contributed by atoms with E-state index in [-0.39, 0.29) is 28.4 Å². The van der Waals surface area contributed by atoms with Crippen LogP contribution in [0.5, 0.6) is 0 Å². The van der Waals surface area contributed by atoms with Crippen LogP contribution in [-0.2, 0) is 9.53 Å². The van der Waals surface area contributed by atoms with Crippen LogP contribution in [0.1, 0.15) is 48.0 Å². The number of pyridine rings is 1. The van der Waals surface area contributed by atoms with Crippen molar-refractivity contribution in [2.45, 2.75) is 50.6 Å². The Balaban J connectivity index is 1.44. The topological polar surface area (TPSA) is 79.1 Å². The number of aryl methyl sites for hydroxylation is 1. The molecule has 3 aliphatic rings. The maximum atomic E-state index is 15.2. The normalized spacial score (nSPS) is 19.6. The fraction of sp³-hybridized carbons (Fsp3) is 0.400. The molecule has 1 aromatic carbocycles. The predicted molar refractivity (Wildman–Crippen MR) is 132 cm³/mol. The molecule has 5 rings (SSSR count). The van der Waals surface area contributed by atoms with Gasteiger partial charge >= 0.3 is 0 Å². The van der Waals surface area contributed by atoms with Gasteiger partial charge < -0.3 is 19.8 Å². The van der Waals surface area contributed by atoms with E-state index < -0.39 is 17.3 Å². The standard InChI is InChI=1S/C25H24FN5O3S/c1-15-12-18(14-28-21(15)27-2)30-23(33)25(8-3-9-25)31(24(30)35)17-4-5-19(20(26)13-17)22(32)29-16-6-10-34-11-7-16/h4-5,12-14,16H,3,6-11H2,1H3,(H,29,32). The van der Waals surface area contributed by atoms with Gasteiger partial charge in [0.2, 0.25) is 0 Å². The van der Waals surface area contributed by atoms with Crippen molar-refractivity contribution in [3.8, 4) is 0 Å². The zero-order valence-electron chi connectivity index (χ0n) is 19.2. The van der Waals surface area contributed by atoms with Gasteiger partial charge in [0, 0.05) is 24.9 Å². The van der Waals surface area contributed by atoms with Gasteiger partial charge in [-0.1, -0.05) is 6.57 Å². The molecule has 180 valence electrons. The number of rotatable bonds is 4. The van der Waals surface area contributed by atoms with Gasteiger partial charge in [-0.2, -0.15) is 0 Å². The highest BCUT2D eigenvalue weighted by molar-refractivity contribution is 7.81. The highest BCUT2D eigenvalue weighted by atomic mass is 32.1. The number of ether oxygens (including phenoxy) is 1. The van der Waals surface area contributed by atoms with Gasteiger partial charge in [0.05, 0.1) is 11.3 Å². The number of carbonyl (C=O) groups excluding carboxylic acids is 2. The first-order chi connectivity index (χ1) is 16.9. The number of hydrogen-bond donors (Lipinski definition) is 1. The third kappa shape index (κ3) is 3.85. The van der Waals surface area contributed by atoms with E-state index in [0.29, 0.717) is 55.8 Å². The third-order valence-electron chi connectivity index (χ3n) is 7.00. The summed E-state index contributed by atoms with van der Waals surface area (Å²) >= 11 is 5.72. The fourth-order valence-electron chi connectivity index (χ4n) is 4.93. The van der Waals surface area contributed by atoms with Crippen molar-refractivity contribution in [1.82, 2.24) is 10.3 Å². The molecule has 1 saturated carbocycles. The van der Waals surface area contributed by atoms with Crippen LogP contribution < -0.4 is 15.1 Å². The molecule has 8 nitrogen and oxygen atoms in total. The summed E-state index contributed by atoms with van der Waals surface area (Å²) in [6.07, 6.45) is 4.87. The minimum atomic E-state index is -0.887. The van der Waals surface area contributed by atoms with Gasteiger partial charge in [0.15, 0.2) is 5.11 Å². The summed E-state index contributed by atoms with van der Waals surface area (Å²) < 4.78 is 20.5. The molecule has 10 heteroatoms. The van der Waals surface area contributed by atoms with Crippen molar-refractivity contribution >= 4 is 46.3 Å². The molecule has 35 heavy (non-hydrogen) atoms. The van der Waals surface area contributed by atoms with E-state index in [1.54, 1.807) is 24.0 Å². The number of nitrogens with zero attached hydrogens (tertiary/aromatic N) is 4. The maximum absolute atomic E-state index is 15.2. The molecule has 0 atom stereocenters. The zero-order chi connectivity index (χ0) is 24.7. The van der Waals surface area contributed by atoms with E-state index in [1.807, 2.05) is 0 Å². The Kier molecular flexibility index (Phi) is 5.99. The predicted octanol–water partition coefficient (Wildman–Crippen LogP) is 4.05. The Morgan fingerprint density at radius 2 is 2.03 bits per heavy atom. The van der Waals surface area contributed by atoms with Crippen molar-refractivity contribution in [1.29, 1.82) is 0 Å². The second-order valence-electron chi connectivity index (χ2n) is 9.11. The summed E-state index contributed by atoms with van der Waals surface area (Å²) in [5.41, 5.74) is 0.604. The van der Waals surface area contributed by atoms with Gasteiger partial charge in [-0.05, 0) is 81.1 Å². The summed E-state index contributed by atoms with van der Waals surface area (Å²) in [5, 5.41) is 3.10. The van der Waals surface area contributed by atoms with Crippen molar-refractivity contribution in [3.05, 3.63) is 58.8 Å². The molecule has 1 aromatic heterocycles. The van der Waals surface area contributed by atoms with Crippen molar-refractivity contribution in [2.75, 3.05) is 23.0 Å². The molecule has 2 saturated heterocycles. The quantitative estimate of drug-likeness (QED) is 0.512. The number of carbonyl (C=O) groups is 2. The molecule has 1 aliphatic carbocycles. The Hall–Kier alpha value is -3.42. The molecule has 3 heterocycles. The number of thiocarbonyl (C=S) groups is 1. The number of benzene rings is 1. The molecule has 3 fully saturated rings. The second-order valence-corrected chi connectivity index (χ2v) is 9.48. The summed E-state index contributed by atoms with van der Waals surface area (Å²) in [5.74, 6) is -1.07. The number of hydrogen-bond acceptors (Lipinski definition) is 5. The summed E-state index contributed by atoms with van der Waals surface area (Å²) in [7, 11) is 0. The minimum absolute atomic E-state index is 0.0442. The Labute approximate surface area is 207 Å². The molecule has 2 aliphatic heterocycles. The summed E-state index contributed by atoms with van der Waals surface area (Å²) in [6.45, 7) is 10.1. The first kappa shape index (κ1) is 23.3. The van der Waals surface area contributed by atoms with Gasteiger partial charge in [-0.3, -0.25) is 14.5 Å². The van der Waals surface area contributed by atoms with E-state index in [1.165, 1.54) is 23.2 Å². The largest absolute Gasteiger partial charge is 0.381 e. The fourth-order valence-corrected chi connectivity index (χ4v) is 5.40. The Morgan fingerprint density at radius 3 is 2.63 bits per heavy atom. The van der Waals surface area contributed by atoms with Crippen molar-refractivity contribution < 1.29 is 18.7 Å². The van der Waals surface area contributed by atoms with Gasteiger partial charge in [0.25, 0.3) is 17.6 Å². The first-order valence-electron chi connectivity index (χ1n) is 11.6. The summed E-state index contributed by atoms with van der Waals surface area (Å²) in [6, 6.07) is 6.02. The Bertz CT molecular complexity index is 1270. The minimum Gasteiger partial charge on any atom is -0.381 e. The van der Waals surface area contributed by atoms with E-state index >= 15 is 4.39 Å². The number of amides is 2. The monoisotopic (exact) mass is 493 g/mol. The lowest BCUT2D eigenvalue weighted by atomic mass is 9.75. The smallest absolute Gasteiger partial charge is 0.272 e. The molecule has 2 amide bonds.